The number of carbonyl (C=O) groups excluding carboxylic acids is 1. The van der Waals surface area contributed by atoms with E-state index in [2.05, 4.69) is 28.2 Å². The van der Waals surface area contributed by atoms with Crippen molar-refractivity contribution in [3.8, 4) is 0 Å². The Bertz CT molecular complexity index is 192. The lowest BCUT2D eigenvalue weighted by atomic mass is 10.2. The fourth-order valence-corrected chi connectivity index (χ4v) is 0.271. The van der Waals surface area contributed by atoms with Crippen LogP contribution in [0, 0.1) is 0 Å². The maximum Gasteiger partial charge on any atom is 0.305 e. The normalized spacial score (nSPS) is 12.4. The zero-order chi connectivity index (χ0) is 11.9. The molecule has 84 valence electrons. The molecule has 0 fully saturated rings. The van der Waals surface area contributed by atoms with Gasteiger partial charge in [-0.05, 0) is 0 Å². The zero-order valence-corrected chi connectivity index (χ0v) is 8.98. The SMILES string of the molecule is C[N+](C)(C)C.N[C@@H](CC(=O)O)C(=O)[O-]. The molecule has 0 saturated heterocycles. The van der Waals surface area contributed by atoms with E-state index in [4.69, 9.17) is 10.8 Å². The number of rotatable bonds is 3. The molecule has 0 rings (SSSR count). The van der Waals surface area contributed by atoms with Gasteiger partial charge >= 0.3 is 5.97 Å². The fourth-order valence-electron chi connectivity index (χ4n) is 0.271. The number of nitrogens with zero attached hydrogens (tertiary/aromatic N) is 1. The highest BCUT2D eigenvalue weighted by Gasteiger charge is 2.07. The van der Waals surface area contributed by atoms with Gasteiger partial charge in [-0.2, -0.15) is 0 Å². The highest BCUT2D eigenvalue weighted by Crippen LogP contribution is 1.84. The summed E-state index contributed by atoms with van der Waals surface area (Å²) in [7, 11) is 8.50. The second-order valence-corrected chi connectivity index (χ2v) is 4.21. The van der Waals surface area contributed by atoms with E-state index < -0.39 is 24.4 Å². The van der Waals surface area contributed by atoms with Crippen molar-refractivity contribution in [2.75, 3.05) is 28.2 Å². The minimum Gasteiger partial charge on any atom is -0.548 e. The van der Waals surface area contributed by atoms with Crippen molar-refractivity contribution < 1.29 is 24.3 Å². The summed E-state index contributed by atoms with van der Waals surface area (Å²) < 4.78 is 1.00. The van der Waals surface area contributed by atoms with Crippen LogP contribution in [0.5, 0.6) is 0 Å². The highest BCUT2D eigenvalue weighted by molar-refractivity contribution is 5.78. The Labute approximate surface area is 83.5 Å². The summed E-state index contributed by atoms with van der Waals surface area (Å²) in [5.41, 5.74) is 4.77. The molecule has 0 bridgehead atoms. The van der Waals surface area contributed by atoms with Crippen molar-refractivity contribution in [3.63, 3.8) is 0 Å². The van der Waals surface area contributed by atoms with Gasteiger partial charge in [0.25, 0.3) is 0 Å². The first-order valence-electron chi connectivity index (χ1n) is 4.01. The molecule has 0 amide bonds. The molecular formula is C8H18N2O4. The van der Waals surface area contributed by atoms with Crippen LogP contribution < -0.4 is 10.8 Å². The molecule has 0 aromatic rings. The molecule has 0 heterocycles. The van der Waals surface area contributed by atoms with E-state index in [9.17, 15) is 14.7 Å². The Kier molecular flexibility index (Phi) is 6.94. The lowest BCUT2D eigenvalue weighted by molar-refractivity contribution is -0.849. The third kappa shape index (κ3) is 22.4. The summed E-state index contributed by atoms with van der Waals surface area (Å²) in [6.45, 7) is 0. The first kappa shape index (κ1) is 15.3. The largest absolute Gasteiger partial charge is 0.548 e. The predicted molar refractivity (Wildman–Crippen MR) is 49.2 cm³/mol. The number of quaternary nitrogens is 1. The summed E-state index contributed by atoms with van der Waals surface area (Å²) in [6.07, 6.45) is -0.595. The van der Waals surface area contributed by atoms with Gasteiger partial charge in [0.2, 0.25) is 0 Å². The third-order valence-corrected chi connectivity index (χ3v) is 0.697. The van der Waals surface area contributed by atoms with Crippen LogP contribution in [-0.2, 0) is 9.59 Å². The second kappa shape index (κ2) is 6.33. The molecule has 0 aromatic heterocycles. The summed E-state index contributed by atoms with van der Waals surface area (Å²) in [4.78, 5) is 19.5. The lowest BCUT2D eigenvalue weighted by Crippen LogP contribution is -2.43. The number of nitrogens with two attached hydrogens (primary N) is 1. The highest BCUT2D eigenvalue weighted by atomic mass is 16.4. The Morgan fingerprint density at radius 1 is 1.36 bits per heavy atom. The molecule has 3 N–H and O–H groups in total. The molecule has 0 saturated carbocycles. The molecule has 14 heavy (non-hydrogen) atoms. The van der Waals surface area contributed by atoms with Gasteiger partial charge in [-0.25, -0.2) is 0 Å². The molecule has 0 spiro atoms. The minimum absolute atomic E-state index is 0.595. The second-order valence-electron chi connectivity index (χ2n) is 4.21. The van der Waals surface area contributed by atoms with Crippen LogP contribution >= 0.6 is 0 Å². The van der Waals surface area contributed by atoms with Gasteiger partial charge in [0, 0.05) is 0 Å². The van der Waals surface area contributed by atoms with Crippen LogP contribution in [0.2, 0.25) is 0 Å². The van der Waals surface area contributed by atoms with Gasteiger partial charge in [0.1, 0.15) is 0 Å². The van der Waals surface area contributed by atoms with Crippen molar-refractivity contribution in [2.24, 2.45) is 5.73 Å². The molecule has 0 aliphatic rings. The Balaban J connectivity index is 0. The van der Waals surface area contributed by atoms with Crippen LogP contribution in [0.1, 0.15) is 6.42 Å². The summed E-state index contributed by atoms with van der Waals surface area (Å²) in [5.74, 6) is -2.79. The monoisotopic (exact) mass is 206 g/mol. The van der Waals surface area contributed by atoms with Crippen molar-refractivity contribution in [1.29, 1.82) is 0 Å². The molecular weight excluding hydrogens is 188 g/mol. The molecule has 0 aliphatic carbocycles. The van der Waals surface area contributed by atoms with Gasteiger partial charge in [-0.1, -0.05) is 0 Å². The summed E-state index contributed by atoms with van der Waals surface area (Å²) in [6, 6.07) is -1.40. The van der Waals surface area contributed by atoms with Gasteiger partial charge in [0.05, 0.1) is 46.6 Å². The molecule has 1 atom stereocenters. The van der Waals surface area contributed by atoms with E-state index in [0.29, 0.717) is 0 Å². The number of hydrogen-bond donors (Lipinski definition) is 2. The van der Waals surface area contributed by atoms with Crippen LogP contribution in [-0.4, -0.2) is 55.8 Å². The molecule has 0 unspecified atom stereocenters. The minimum atomic E-state index is -1.54. The van der Waals surface area contributed by atoms with E-state index in [1.807, 2.05) is 0 Å². The quantitative estimate of drug-likeness (QED) is 0.513. The van der Waals surface area contributed by atoms with Crippen LogP contribution in [0.25, 0.3) is 0 Å². The van der Waals surface area contributed by atoms with E-state index in [0.717, 1.165) is 4.48 Å². The van der Waals surface area contributed by atoms with E-state index in [1.54, 1.807) is 0 Å². The Morgan fingerprint density at radius 3 is 1.71 bits per heavy atom. The topological polar surface area (TPSA) is 103 Å². The van der Waals surface area contributed by atoms with E-state index >= 15 is 0 Å². The number of carboxylic acid groups (broad SMARTS) is 2. The Morgan fingerprint density at radius 2 is 1.64 bits per heavy atom. The van der Waals surface area contributed by atoms with Crippen molar-refractivity contribution in [3.05, 3.63) is 0 Å². The van der Waals surface area contributed by atoms with Gasteiger partial charge in [-0.3, -0.25) is 4.79 Å². The number of hydrogen-bond acceptors (Lipinski definition) is 4. The first-order valence-corrected chi connectivity index (χ1v) is 4.01. The average Bonchev–Trinajstić information content (AvgIpc) is 1.80. The van der Waals surface area contributed by atoms with Gasteiger partial charge in [0.15, 0.2) is 0 Å². The Hall–Kier alpha value is -1.14. The molecule has 6 nitrogen and oxygen atoms in total. The van der Waals surface area contributed by atoms with Crippen molar-refractivity contribution >= 4 is 11.9 Å². The smallest absolute Gasteiger partial charge is 0.305 e. The van der Waals surface area contributed by atoms with Gasteiger partial charge in [-0.15, -0.1) is 0 Å². The molecule has 0 aliphatic heterocycles. The van der Waals surface area contributed by atoms with E-state index in [1.165, 1.54) is 0 Å². The predicted octanol–water partition coefficient (Wildman–Crippen LogP) is -2.14. The maximum atomic E-state index is 9.74. The van der Waals surface area contributed by atoms with Crippen LogP contribution in [0.3, 0.4) is 0 Å². The van der Waals surface area contributed by atoms with Crippen molar-refractivity contribution in [1.82, 2.24) is 0 Å². The lowest BCUT2D eigenvalue weighted by Gasteiger charge is -2.14. The maximum absolute atomic E-state index is 9.74. The van der Waals surface area contributed by atoms with Gasteiger partial charge < -0.3 is 25.2 Å². The van der Waals surface area contributed by atoms with Crippen molar-refractivity contribution in [2.45, 2.75) is 12.5 Å². The first-order chi connectivity index (χ1) is 6.04. The summed E-state index contributed by atoms with van der Waals surface area (Å²) >= 11 is 0. The zero-order valence-electron chi connectivity index (χ0n) is 8.98. The van der Waals surface area contributed by atoms with Crippen LogP contribution in [0.15, 0.2) is 0 Å². The third-order valence-electron chi connectivity index (χ3n) is 0.697. The number of carbonyl (C=O) groups is 2. The number of aliphatic carboxylic acids is 2. The molecule has 0 aromatic carbocycles. The number of carboxylic acids is 2. The molecule has 0 radical (unpaired) electrons. The fraction of sp³-hybridized carbons (Fsp3) is 0.750. The molecule has 6 heteroatoms. The standard InChI is InChI=1S/C4H7NO4.C4H12N/c5-2(4(8)9)1-3(6)7;1-5(2,3)4/h2H,1,5H2,(H,6,7)(H,8,9);1-4H3/q;+1/p-1/t2-;/m0./s1. The van der Waals surface area contributed by atoms with E-state index in [-0.39, 0.29) is 0 Å². The summed E-state index contributed by atoms with van der Waals surface area (Å²) in [5, 5.41) is 17.7. The average molecular weight is 206 g/mol. The van der Waals surface area contributed by atoms with Crippen LogP contribution in [0.4, 0.5) is 0 Å².